The summed E-state index contributed by atoms with van der Waals surface area (Å²) in [4.78, 5) is 0. The molecule has 9 heavy (non-hydrogen) atoms. The molecule has 1 N–H and O–H groups in total. The Morgan fingerprint density at radius 2 is 2.33 bits per heavy atom. The molecule has 1 saturated carbocycles. The molecule has 0 radical (unpaired) electrons. The summed E-state index contributed by atoms with van der Waals surface area (Å²) < 4.78 is 0. The highest BCUT2D eigenvalue weighted by molar-refractivity contribution is 5.36. The van der Waals surface area contributed by atoms with E-state index >= 15 is 0 Å². The predicted octanol–water partition coefficient (Wildman–Crippen LogP) is 1.17. The van der Waals surface area contributed by atoms with E-state index < -0.39 is 0 Å². The number of nitrogens with one attached hydrogen (secondary N) is 1. The first-order valence-electron chi connectivity index (χ1n) is 3.71. The summed E-state index contributed by atoms with van der Waals surface area (Å²) in [6.45, 7) is 2.27. The van der Waals surface area contributed by atoms with Gasteiger partial charge in [0.05, 0.1) is 0 Å². The average molecular weight is 123 g/mol. The van der Waals surface area contributed by atoms with Crippen LogP contribution in [0, 0.1) is 11.8 Å². The third-order valence-electron chi connectivity index (χ3n) is 2.78. The van der Waals surface area contributed by atoms with Crippen LogP contribution in [0.25, 0.3) is 0 Å². The van der Waals surface area contributed by atoms with E-state index in [0.717, 1.165) is 11.8 Å². The van der Waals surface area contributed by atoms with Crippen LogP contribution in [-0.4, -0.2) is 13.1 Å². The van der Waals surface area contributed by atoms with Gasteiger partial charge in [-0.3, -0.25) is 0 Å². The maximum Gasteiger partial charge on any atom is 0.0107 e. The Kier molecular flexibility index (Phi) is 0.974. The van der Waals surface area contributed by atoms with Crippen molar-refractivity contribution in [3.63, 3.8) is 0 Å². The Hall–Kier alpha value is -0.300. The maximum absolute atomic E-state index is 3.29. The van der Waals surface area contributed by atoms with Gasteiger partial charge >= 0.3 is 0 Å². The van der Waals surface area contributed by atoms with Gasteiger partial charge in [-0.2, -0.15) is 0 Å². The Balaban J connectivity index is 1.96. The topological polar surface area (TPSA) is 12.0 Å². The zero-order valence-corrected chi connectivity index (χ0v) is 6.02. The third kappa shape index (κ3) is 0.531. The lowest BCUT2D eigenvalue weighted by molar-refractivity contribution is 0.214. The van der Waals surface area contributed by atoms with Gasteiger partial charge in [-0.05, 0) is 26.3 Å². The molecule has 3 aliphatic rings. The molecule has 0 heterocycles. The summed E-state index contributed by atoms with van der Waals surface area (Å²) in [6, 6.07) is 0.712. The molecule has 50 valence electrons. The molecule has 2 bridgehead atoms. The molecule has 3 rings (SSSR count). The highest BCUT2D eigenvalue weighted by atomic mass is 14.9. The second kappa shape index (κ2) is 1.60. The van der Waals surface area contributed by atoms with Crippen molar-refractivity contribution in [3.05, 3.63) is 11.6 Å². The lowest BCUT2D eigenvalue weighted by Gasteiger charge is -2.51. The van der Waals surface area contributed by atoms with Crippen LogP contribution in [0.2, 0.25) is 0 Å². The normalized spacial score (nSPS) is 40.4. The van der Waals surface area contributed by atoms with E-state index in [1.54, 1.807) is 5.57 Å². The van der Waals surface area contributed by atoms with Gasteiger partial charge in [-0.15, -0.1) is 0 Å². The molecule has 3 unspecified atom stereocenters. The largest absolute Gasteiger partial charge is 0.317 e. The number of hydrogen-bond acceptors (Lipinski definition) is 1. The number of allylic oxidation sites excluding steroid dienone is 1. The SMILES string of the molecule is CNC(C)C1C2=CC1C2. The highest BCUT2D eigenvalue weighted by Gasteiger charge is 2.45. The quantitative estimate of drug-likeness (QED) is 0.543. The van der Waals surface area contributed by atoms with E-state index in [0.29, 0.717) is 6.04 Å². The standard InChI is InChI=1S/C8H13N/c1-5(9-2)8-6-3-7(8)4-6/h3,5-6,8-9H,4H2,1-2H3. The maximum atomic E-state index is 3.29. The molecule has 1 heteroatoms. The Labute approximate surface area is 56.1 Å². The van der Waals surface area contributed by atoms with Crippen molar-refractivity contribution >= 4 is 0 Å². The van der Waals surface area contributed by atoms with Crippen molar-refractivity contribution in [2.75, 3.05) is 7.05 Å². The number of hydrogen-bond donors (Lipinski definition) is 1. The van der Waals surface area contributed by atoms with Crippen LogP contribution in [0.4, 0.5) is 0 Å². The van der Waals surface area contributed by atoms with Gasteiger partial charge in [-0.1, -0.05) is 11.6 Å². The fourth-order valence-electron chi connectivity index (χ4n) is 1.86. The van der Waals surface area contributed by atoms with Crippen LogP contribution in [0.15, 0.2) is 11.6 Å². The fourth-order valence-corrected chi connectivity index (χ4v) is 1.86. The van der Waals surface area contributed by atoms with Crippen LogP contribution >= 0.6 is 0 Å². The minimum Gasteiger partial charge on any atom is -0.317 e. The Morgan fingerprint density at radius 1 is 1.78 bits per heavy atom. The van der Waals surface area contributed by atoms with Crippen LogP contribution in [0.5, 0.6) is 0 Å². The lowest BCUT2D eigenvalue weighted by Crippen LogP contribution is -2.48. The zero-order chi connectivity index (χ0) is 6.43. The molecule has 3 aliphatic carbocycles. The van der Waals surface area contributed by atoms with Gasteiger partial charge in [-0.25, -0.2) is 0 Å². The molecule has 0 amide bonds. The van der Waals surface area contributed by atoms with Gasteiger partial charge in [0.1, 0.15) is 0 Å². The molecule has 0 aromatic heterocycles. The second-order valence-corrected chi connectivity index (χ2v) is 3.21. The van der Waals surface area contributed by atoms with Crippen molar-refractivity contribution in [1.29, 1.82) is 0 Å². The first kappa shape index (κ1) is 5.48. The fraction of sp³-hybridized carbons (Fsp3) is 0.750. The molecular formula is C8H13N. The lowest BCUT2D eigenvalue weighted by atomic mass is 9.55. The van der Waals surface area contributed by atoms with E-state index in [4.69, 9.17) is 0 Å². The summed E-state index contributed by atoms with van der Waals surface area (Å²) >= 11 is 0. The van der Waals surface area contributed by atoms with E-state index in [9.17, 15) is 0 Å². The van der Waals surface area contributed by atoms with Crippen LogP contribution in [0.1, 0.15) is 13.3 Å². The van der Waals surface area contributed by atoms with Crippen LogP contribution in [0.3, 0.4) is 0 Å². The van der Waals surface area contributed by atoms with Crippen molar-refractivity contribution < 1.29 is 0 Å². The average Bonchev–Trinajstić information content (AvgIpc) is 1.57. The van der Waals surface area contributed by atoms with Crippen molar-refractivity contribution in [1.82, 2.24) is 5.32 Å². The van der Waals surface area contributed by atoms with Crippen LogP contribution < -0.4 is 5.32 Å². The van der Waals surface area contributed by atoms with E-state index in [1.807, 2.05) is 7.05 Å². The van der Waals surface area contributed by atoms with E-state index in [1.165, 1.54) is 6.42 Å². The summed E-state index contributed by atoms with van der Waals surface area (Å²) in [5, 5.41) is 3.29. The van der Waals surface area contributed by atoms with Crippen LogP contribution in [-0.2, 0) is 0 Å². The molecule has 1 nitrogen and oxygen atoms in total. The molecule has 0 spiro atoms. The van der Waals surface area contributed by atoms with Gasteiger partial charge in [0.2, 0.25) is 0 Å². The zero-order valence-electron chi connectivity index (χ0n) is 6.02. The summed E-state index contributed by atoms with van der Waals surface area (Å²) in [5.74, 6) is 1.86. The summed E-state index contributed by atoms with van der Waals surface area (Å²) in [6.07, 6.45) is 3.80. The van der Waals surface area contributed by atoms with Gasteiger partial charge in [0.15, 0.2) is 0 Å². The Bertz CT molecular complexity index is 160. The molecule has 0 saturated heterocycles. The smallest absolute Gasteiger partial charge is 0.0107 e. The minimum absolute atomic E-state index is 0.712. The van der Waals surface area contributed by atoms with Crippen molar-refractivity contribution in [2.45, 2.75) is 19.4 Å². The molecule has 1 fully saturated rings. The monoisotopic (exact) mass is 123 g/mol. The third-order valence-corrected chi connectivity index (χ3v) is 2.78. The summed E-state index contributed by atoms with van der Waals surface area (Å²) in [7, 11) is 2.04. The molecular weight excluding hydrogens is 110 g/mol. The number of rotatable bonds is 2. The van der Waals surface area contributed by atoms with E-state index in [-0.39, 0.29) is 0 Å². The first-order chi connectivity index (χ1) is 4.33. The molecule has 0 aromatic carbocycles. The van der Waals surface area contributed by atoms with Crippen molar-refractivity contribution in [2.24, 2.45) is 11.8 Å². The van der Waals surface area contributed by atoms with Gasteiger partial charge < -0.3 is 5.32 Å². The second-order valence-electron chi connectivity index (χ2n) is 3.21. The molecule has 0 aliphatic heterocycles. The highest BCUT2D eigenvalue weighted by Crippen LogP contribution is 2.53. The predicted molar refractivity (Wildman–Crippen MR) is 38.2 cm³/mol. The van der Waals surface area contributed by atoms with Crippen molar-refractivity contribution in [3.8, 4) is 0 Å². The molecule has 0 aromatic rings. The van der Waals surface area contributed by atoms with E-state index in [2.05, 4.69) is 18.3 Å². The Morgan fingerprint density at radius 3 is 2.44 bits per heavy atom. The summed E-state index contributed by atoms with van der Waals surface area (Å²) in [5.41, 5.74) is 1.70. The minimum atomic E-state index is 0.712. The first-order valence-corrected chi connectivity index (χ1v) is 3.71. The molecule has 3 atom stereocenters. The van der Waals surface area contributed by atoms with Gasteiger partial charge in [0, 0.05) is 12.0 Å². The van der Waals surface area contributed by atoms with Gasteiger partial charge in [0.25, 0.3) is 0 Å².